The van der Waals surface area contributed by atoms with Crippen molar-refractivity contribution in [3.63, 3.8) is 0 Å². The molecule has 92 valence electrons. The zero-order valence-electron chi connectivity index (χ0n) is 8.97. The van der Waals surface area contributed by atoms with Gasteiger partial charge in [-0.1, -0.05) is 13.8 Å². The second-order valence-electron chi connectivity index (χ2n) is 4.17. The number of alkyl halides is 3. The molecule has 0 radical (unpaired) electrons. The number of amides is 3. The van der Waals surface area contributed by atoms with E-state index in [0.717, 1.165) is 0 Å². The third-order valence-electron chi connectivity index (χ3n) is 2.15. The molecule has 3 amide bonds. The minimum Gasteiger partial charge on any atom is -0.326 e. The molecule has 1 aliphatic heterocycles. The van der Waals surface area contributed by atoms with Crippen molar-refractivity contribution >= 4 is 11.9 Å². The van der Waals surface area contributed by atoms with E-state index in [1.165, 1.54) is 0 Å². The van der Waals surface area contributed by atoms with Gasteiger partial charge < -0.3 is 5.32 Å². The molecule has 0 spiro atoms. The average Bonchev–Trinajstić information content (AvgIpc) is 2.29. The fourth-order valence-electron chi connectivity index (χ4n) is 1.54. The summed E-state index contributed by atoms with van der Waals surface area (Å²) >= 11 is 0. The maximum absolute atomic E-state index is 12.1. The lowest BCUT2D eigenvalue weighted by atomic mass is 10.0. The number of carbonyl (C=O) groups excluding carboxylic acids is 2. The number of nitrogens with zero attached hydrogens (tertiary/aromatic N) is 1. The Labute approximate surface area is 90.8 Å². The predicted octanol–water partition coefficient (Wildman–Crippen LogP) is 1.52. The van der Waals surface area contributed by atoms with E-state index in [2.05, 4.69) is 5.32 Å². The van der Waals surface area contributed by atoms with Gasteiger partial charge in [-0.2, -0.15) is 13.2 Å². The molecule has 0 aromatic rings. The molecular formula is C9H13F3N2O2. The van der Waals surface area contributed by atoms with Crippen molar-refractivity contribution in [1.29, 1.82) is 0 Å². The van der Waals surface area contributed by atoms with E-state index in [4.69, 9.17) is 0 Å². The van der Waals surface area contributed by atoms with Crippen molar-refractivity contribution in [2.75, 3.05) is 6.54 Å². The Morgan fingerprint density at radius 3 is 2.38 bits per heavy atom. The lowest BCUT2D eigenvalue weighted by Crippen LogP contribution is -2.39. The second kappa shape index (κ2) is 4.31. The molecule has 1 saturated heterocycles. The van der Waals surface area contributed by atoms with Crippen LogP contribution in [0.25, 0.3) is 0 Å². The molecule has 0 aromatic carbocycles. The van der Waals surface area contributed by atoms with E-state index in [-0.39, 0.29) is 10.8 Å². The van der Waals surface area contributed by atoms with Crippen molar-refractivity contribution < 1.29 is 22.8 Å². The Morgan fingerprint density at radius 1 is 1.38 bits per heavy atom. The Hall–Kier alpha value is -1.27. The van der Waals surface area contributed by atoms with Crippen LogP contribution in [0.15, 0.2) is 0 Å². The summed E-state index contributed by atoms with van der Waals surface area (Å²) in [5, 5.41) is 2.25. The average molecular weight is 238 g/mol. The van der Waals surface area contributed by atoms with Crippen LogP contribution >= 0.6 is 0 Å². The Morgan fingerprint density at radius 2 is 1.94 bits per heavy atom. The summed E-state index contributed by atoms with van der Waals surface area (Å²) in [4.78, 5) is 22.8. The number of hydrogen-bond donors (Lipinski definition) is 1. The highest BCUT2D eigenvalue weighted by Crippen LogP contribution is 2.21. The standard InChI is InChI=1S/C9H13F3N2O2/c1-5(2)3-6-7(15)14(8(16)13-6)4-9(10,11)12/h5-6H,3-4H2,1-2H3,(H,13,16). The molecule has 1 N–H and O–H groups in total. The van der Waals surface area contributed by atoms with Crippen LogP contribution in [0.5, 0.6) is 0 Å². The van der Waals surface area contributed by atoms with Gasteiger partial charge in [0.2, 0.25) is 0 Å². The van der Waals surface area contributed by atoms with E-state index in [1.54, 1.807) is 0 Å². The maximum atomic E-state index is 12.1. The van der Waals surface area contributed by atoms with Crippen LogP contribution < -0.4 is 5.32 Å². The fourth-order valence-corrected chi connectivity index (χ4v) is 1.54. The van der Waals surface area contributed by atoms with Gasteiger partial charge in [-0.25, -0.2) is 4.79 Å². The van der Waals surface area contributed by atoms with Crippen molar-refractivity contribution in [3.05, 3.63) is 0 Å². The highest BCUT2D eigenvalue weighted by atomic mass is 19.4. The maximum Gasteiger partial charge on any atom is 0.406 e. The molecule has 0 aliphatic carbocycles. The van der Waals surface area contributed by atoms with Crippen LogP contribution in [-0.2, 0) is 4.79 Å². The summed E-state index contributed by atoms with van der Waals surface area (Å²) in [7, 11) is 0. The van der Waals surface area contributed by atoms with Crippen LogP contribution in [0.3, 0.4) is 0 Å². The topological polar surface area (TPSA) is 49.4 Å². The third kappa shape index (κ3) is 3.11. The van der Waals surface area contributed by atoms with E-state index in [1.807, 2.05) is 13.8 Å². The third-order valence-corrected chi connectivity index (χ3v) is 2.15. The zero-order valence-corrected chi connectivity index (χ0v) is 8.97. The summed E-state index contributed by atoms with van der Waals surface area (Å²) in [6.07, 6.45) is -4.21. The molecular weight excluding hydrogens is 225 g/mol. The van der Waals surface area contributed by atoms with E-state index in [0.29, 0.717) is 6.42 Å². The highest BCUT2D eigenvalue weighted by molar-refractivity contribution is 6.04. The molecule has 1 heterocycles. The van der Waals surface area contributed by atoms with E-state index in [9.17, 15) is 22.8 Å². The van der Waals surface area contributed by atoms with Gasteiger partial charge in [0.05, 0.1) is 0 Å². The SMILES string of the molecule is CC(C)CC1NC(=O)N(CC(F)(F)F)C1=O. The first-order valence-corrected chi connectivity index (χ1v) is 4.89. The second-order valence-corrected chi connectivity index (χ2v) is 4.17. The van der Waals surface area contributed by atoms with Gasteiger partial charge in [0.15, 0.2) is 0 Å². The van der Waals surface area contributed by atoms with Gasteiger partial charge in [0.1, 0.15) is 12.6 Å². The lowest BCUT2D eigenvalue weighted by Gasteiger charge is -2.15. The summed E-state index contributed by atoms with van der Waals surface area (Å²) in [5.41, 5.74) is 0. The summed E-state index contributed by atoms with van der Waals surface area (Å²) in [5.74, 6) is -0.670. The quantitative estimate of drug-likeness (QED) is 0.758. The summed E-state index contributed by atoms with van der Waals surface area (Å²) in [6.45, 7) is 2.13. The summed E-state index contributed by atoms with van der Waals surface area (Å²) < 4.78 is 36.2. The van der Waals surface area contributed by atoms with E-state index >= 15 is 0 Å². The van der Waals surface area contributed by atoms with E-state index < -0.39 is 30.7 Å². The van der Waals surface area contributed by atoms with Crippen LogP contribution in [0.4, 0.5) is 18.0 Å². The van der Waals surface area contributed by atoms with Crippen molar-refractivity contribution in [1.82, 2.24) is 10.2 Å². The van der Waals surface area contributed by atoms with Gasteiger partial charge in [0, 0.05) is 0 Å². The number of rotatable bonds is 3. The molecule has 1 fully saturated rings. The molecule has 1 atom stereocenters. The number of carbonyl (C=O) groups is 2. The van der Waals surface area contributed by atoms with Crippen LogP contribution in [0.2, 0.25) is 0 Å². The number of imide groups is 1. The van der Waals surface area contributed by atoms with Gasteiger partial charge in [0.25, 0.3) is 5.91 Å². The number of urea groups is 1. The molecule has 7 heteroatoms. The minimum absolute atomic E-state index is 0.125. The number of nitrogens with one attached hydrogen (secondary N) is 1. The number of halogens is 3. The highest BCUT2D eigenvalue weighted by Gasteiger charge is 2.44. The minimum atomic E-state index is -4.56. The molecule has 0 saturated carbocycles. The molecule has 16 heavy (non-hydrogen) atoms. The first kappa shape index (κ1) is 12.8. The van der Waals surface area contributed by atoms with Gasteiger partial charge >= 0.3 is 12.2 Å². The molecule has 4 nitrogen and oxygen atoms in total. The molecule has 0 bridgehead atoms. The van der Waals surface area contributed by atoms with Gasteiger partial charge in [-0.05, 0) is 12.3 Å². The number of hydrogen-bond acceptors (Lipinski definition) is 2. The monoisotopic (exact) mass is 238 g/mol. The molecule has 1 rings (SSSR count). The van der Waals surface area contributed by atoms with Gasteiger partial charge in [-0.15, -0.1) is 0 Å². The van der Waals surface area contributed by atoms with Crippen LogP contribution in [0.1, 0.15) is 20.3 Å². The van der Waals surface area contributed by atoms with Gasteiger partial charge in [-0.3, -0.25) is 9.69 Å². The zero-order chi connectivity index (χ0) is 12.5. The predicted molar refractivity (Wildman–Crippen MR) is 49.5 cm³/mol. The largest absolute Gasteiger partial charge is 0.406 e. The lowest BCUT2D eigenvalue weighted by molar-refractivity contribution is -0.153. The van der Waals surface area contributed by atoms with Crippen molar-refractivity contribution in [3.8, 4) is 0 Å². The van der Waals surface area contributed by atoms with Crippen LogP contribution in [-0.4, -0.2) is 35.6 Å². The Kier molecular flexibility index (Phi) is 3.44. The normalized spacial score (nSPS) is 21.9. The smallest absolute Gasteiger partial charge is 0.326 e. The first-order chi connectivity index (χ1) is 7.20. The molecule has 1 aliphatic rings. The first-order valence-electron chi connectivity index (χ1n) is 4.89. The van der Waals surface area contributed by atoms with Crippen molar-refractivity contribution in [2.45, 2.75) is 32.5 Å². The fraction of sp³-hybridized carbons (Fsp3) is 0.778. The summed E-state index contributed by atoms with van der Waals surface area (Å²) in [6, 6.07) is -1.79. The Bertz CT molecular complexity index is 302. The van der Waals surface area contributed by atoms with Crippen LogP contribution in [0, 0.1) is 5.92 Å². The molecule has 1 unspecified atom stereocenters. The Balaban J connectivity index is 2.68. The van der Waals surface area contributed by atoms with Crippen molar-refractivity contribution in [2.24, 2.45) is 5.92 Å². The molecule has 0 aromatic heterocycles.